The molecule has 1 heterocycles. The van der Waals surface area contributed by atoms with Crippen LogP contribution < -0.4 is 5.32 Å². The van der Waals surface area contributed by atoms with Gasteiger partial charge in [0.15, 0.2) is 0 Å². The summed E-state index contributed by atoms with van der Waals surface area (Å²) in [7, 11) is 1.82. The van der Waals surface area contributed by atoms with Gasteiger partial charge in [-0.05, 0) is 18.2 Å². The largest absolute Gasteiger partial charge is 0.373 e. The van der Waals surface area contributed by atoms with Crippen molar-refractivity contribution in [3.63, 3.8) is 0 Å². The zero-order valence-electron chi connectivity index (χ0n) is 7.51. The van der Waals surface area contributed by atoms with Crippen molar-refractivity contribution in [2.75, 3.05) is 12.4 Å². The number of pyridine rings is 1. The van der Waals surface area contributed by atoms with Gasteiger partial charge < -0.3 is 5.32 Å². The van der Waals surface area contributed by atoms with Gasteiger partial charge in [0.05, 0.1) is 10.0 Å². The molecular weight excluding hydrogens is 219 g/mol. The minimum atomic E-state index is 0.562. The zero-order chi connectivity index (χ0) is 10.1. The molecule has 0 atom stereocenters. The van der Waals surface area contributed by atoms with E-state index in [0.29, 0.717) is 10.0 Å². The van der Waals surface area contributed by atoms with Crippen LogP contribution in [0.4, 0.5) is 5.82 Å². The van der Waals surface area contributed by atoms with Crippen molar-refractivity contribution in [1.29, 1.82) is 0 Å². The predicted octanol–water partition coefficient (Wildman–Crippen LogP) is 3.58. The minimum Gasteiger partial charge on any atom is -0.373 e. The summed E-state index contributed by atoms with van der Waals surface area (Å²) < 4.78 is 0. The Morgan fingerprint density at radius 3 is 2.64 bits per heavy atom. The van der Waals surface area contributed by atoms with E-state index >= 15 is 0 Å². The Labute approximate surface area is 91.9 Å². The van der Waals surface area contributed by atoms with Gasteiger partial charge in [-0.25, -0.2) is 4.98 Å². The van der Waals surface area contributed by atoms with Crippen LogP contribution in [0.15, 0.2) is 24.4 Å². The van der Waals surface area contributed by atoms with Crippen molar-refractivity contribution < 1.29 is 0 Å². The van der Waals surface area contributed by atoms with Crippen LogP contribution >= 0.6 is 23.2 Å². The number of halogens is 2. The molecule has 0 fully saturated rings. The lowest BCUT2D eigenvalue weighted by molar-refractivity contribution is 1.32. The fourth-order valence-corrected chi connectivity index (χ4v) is 1.78. The lowest BCUT2D eigenvalue weighted by Crippen LogP contribution is -1.92. The second-order valence-corrected chi connectivity index (χ2v) is 3.65. The zero-order valence-corrected chi connectivity index (χ0v) is 9.02. The third kappa shape index (κ3) is 1.41. The first-order valence-electron chi connectivity index (χ1n) is 4.14. The summed E-state index contributed by atoms with van der Waals surface area (Å²) in [4.78, 5) is 4.18. The monoisotopic (exact) mass is 226 g/mol. The molecule has 1 N–H and O–H groups in total. The van der Waals surface area contributed by atoms with Gasteiger partial charge in [0, 0.05) is 24.0 Å². The van der Waals surface area contributed by atoms with Crippen molar-refractivity contribution in [3.05, 3.63) is 34.4 Å². The predicted molar refractivity (Wildman–Crippen MR) is 61.3 cm³/mol. The highest BCUT2D eigenvalue weighted by atomic mass is 35.5. The third-order valence-corrected chi connectivity index (χ3v) is 2.89. The SMILES string of the molecule is CNc1nccc2c(Cl)c(Cl)ccc12. The maximum atomic E-state index is 6.07. The molecule has 0 amide bonds. The number of fused-ring (bicyclic) bond motifs is 1. The lowest BCUT2D eigenvalue weighted by atomic mass is 10.1. The topological polar surface area (TPSA) is 24.9 Å². The van der Waals surface area contributed by atoms with Gasteiger partial charge in [0.2, 0.25) is 0 Å². The Kier molecular flexibility index (Phi) is 2.48. The number of aromatic nitrogens is 1. The Bertz CT molecular complexity index is 483. The average Bonchev–Trinajstić information content (AvgIpc) is 2.23. The maximum Gasteiger partial charge on any atom is 0.133 e. The fourth-order valence-electron chi connectivity index (χ4n) is 1.39. The molecule has 1 aromatic carbocycles. The highest BCUT2D eigenvalue weighted by Gasteiger charge is 2.06. The number of nitrogens with one attached hydrogen (secondary N) is 1. The smallest absolute Gasteiger partial charge is 0.133 e. The summed E-state index contributed by atoms with van der Waals surface area (Å²) in [5, 5.41) is 6.03. The highest BCUT2D eigenvalue weighted by Crippen LogP contribution is 2.32. The van der Waals surface area contributed by atoms with Crippen LogP contribution in [-0.4, -0.2) is 12.0 Å². The van der Waals surface area contributed by atoms with Gasteiger partial charge in [-0.1, -0.05) is 23.2 Å². The molecule has 14 heavy (non-hydrogen) atoms. The minimum absolute atomic E-state index is 0.562. The summed E-state index contributed by atoms with van der Waals surface area (Å²) >= 11 is 12.0. The van der Waals surface area contributed by atoms with Crippen molar-refractivity contribution in [2.24, 2.45) is 0 Å². The molecule has 0 aliphatic heterocycles. The molecule has 0 unspecified atom stereocenters. The van der Waals surface area contributed by atoms with Crippen LogP contribution in [-0.2, 0) is 0 Å². The van der Waals surface area contributed by atoms with Crippen LogP contribution in [0.3, 0.4) is 0 Å². The number of nitrogens with zero attached hydrogens (tertiary/aromatic N) is 1. The Morgan fingerprint density at radius 1 is 1.14 bits per heavy atom. The molecule has 0 radical (unpaired) electrons. The number of rotatable bonds is 1. The van der Waals surface area contributed by atoms with E-state index in [-0.39, 0.29) is 0 Å². The second kappa shape index (κ2) is 3.64. The summed E-state index contributed by atoms with van der Waals surface area (Å²) in [6.45, 7) is 0. The van der Waals surface area contributed by atoms with E-state index in [2.05, 4.69) is 10.3 Å². The second-order valence-electron chi connectivity index (χ2n) is 2.87. The van der Waals surface area contributed by atoms with E-state index in [1.54, 1.807) is 12.3 Å². The van der Waals surface area contributed by atoms with Crippen molar-refractivity contribution in [1.82, 2.24) is 4.98 Å². The molecule has 4 heteroatoms. The van der Waals surface area contributed by atoms with Crippen LogP contribution in [0.2, 0.25) is 10.0 Å². The number of anilines is 1. The van der Waals surface area contributed by atoms with E-state index < -0.39 is 0 Å². The maximum absolute atomic E-state index is 6.07. The summed E-state index contributed by atoms with van der Waals surface area (Å²) in [6.07, 6.45) is 1.70. The van der Waals surface area contributed by atoms with Gasteiger partial charge in [0.1, 0.15) is 5.82 Å². The first-order chi connectivity index (χ1) is 6.74. The molecule has 2 aromatic rings. The van der Waals surface area contributed by atoms with Crippen molar-refractivity contribution in [3.8, 4) is 0 Å². The molecule has 0 aliphatic carbocycles. The molecule has 1 aromatic heterocycles. The summed E-state index contributed by atoms with van der Waals surface area (Å²) in [5.41, 5.74) is 0. The molecule has 0 bridgehead atoms. The summed E-state index contributed by atoms with van der Waals surface area (Å²) in [5.74, 6) is 0.807. The third-order valence-electron chi connectivity index (χ3n) is 2.07. The van der Waals surface area contributed by atoms with Crippen LogP contribution in [0.5, 0.6) is 0 Å². The van der Waals surface area contributed by atoms with Crippen molar-refractivity contribution in [2.45, 2.75) is 0 Å². The van der Waals surface area contributed by atoms with E-state index in [9.17, 15) is 0 Å². The molecule has 0 saturated heterocycles. The Hall–Kier alpha value is -0.990. The summed E-state index contributed by atoms with van der Waals surface area (Å²) in [6, 6.07) is 5.53. The van der Waals surface area contributed by atoms with Gasteiger partial charge in [-0.2, -0.15) is 0 Å². The van der Waals surface area contributed by atoms with Gasteiger partial charge in [-0.15, -0.1) is 0 Å². The number of benzene rings is 1. The van der Waals surface area contributed by atoms with Crippen LogP contribution in [0.1, 0.15) is 0 Å². The molecule has 2 rings (SSSR count). The molecule has 0 spiro atoms. The first-order valence-corrected chi connectivity index (χ1v) is 4.90. The van der Waals surface area contributed by atoms with E-state index in [1.807, 2.05) is 19.2 Å². The number of hydrogen-bond donors (Lipinski definition) is 1. The fraction of sp³-hybridized carbons (Fsp3) is 0.100. The van der Waals surface area contributed by atoms with Crippen molar-refractivity contribution >= 4 is 39.8 Å². The van der Waals surface area contributed by atoms with Crippen LogP contribution in [0.25, 0.3) is 10.8 Å². The molecular formula is C10H8Cl2N2. The van der Waals surface area contributed by atoms with E-state index in [0.717, 1.165) is 16.6 Å². The first kappa shape index (κ1) is 9.56. The quantitative estimate of drug-likeness (QED) is 0.805. The highest BCUT2D eigenvalue weighted by molar-refractivity contribution is 6.45. The van der Waals surface area contributed by atoms with Gasteiger partial charge in [0.25, 0.3) is 0 Å². The Balaban J connectivity index is 2.86. The normalized spacial score (nSPS) is 10.5. The average molecular weight is 227 g/mol. The van der Waals surface area contributed by atoms with Crippen LogP contribution in [0, 0.1) is 0 Å². The van der Waals surface area contributed by atoms with E-state index in [1.165, 1.54) is 0 Å². The standard InChI is InChI=1S/C10H8Cl2N2/c1-13-10-7-2-3-8(11)9(12)6(7)4-5-14-10/h2-5H,1H3,(H,13,14). The lowest BCUT2D eigenvalue weighted by Gasteiger charge is -2.06. The molecule has 2 nitrogen and oxygen atoms in total. The molecule has 0 aliphatic rings. The molecule has 0 saturated carbocycles. The number of hydrogen-bond acceptors (Lipinski definition) is 2. The Morgan fingerprint density at radius 2 is 1.93 bits per heavy atom. The van der Waals surface area contributed by atoms with Gasteiger partial charge >= 0.3 is 0 Å². The van der Waals surface area contributed by atoms with Gasteiger partial charge in [-0.3, -0.25) is 0 Å². The molecule has 72 valence electrons. The van der Waals surface area contributed by atoms with E-state index in [4.69, 9.17) is 23.2 Å².